The molecule has 2 heterocycles. The van der Waals surface area contributed by atoms with Crippen LogP contribution in [0.2, 0.25) is 5.02 Å². The van der Waals surface area contributed by atoms with Crippen molar-refractivity contribution in [1.82, 2.24) is 9.97 Å². The Morgan fingerprint density at radius 2 is 1.88 bits per heavy atom. The van der Waals surface area contributed by atoms with E-state index in [1.165, 1.54) is 11.8 Å². The third-order valence-corrected chi connectivity index (χ3v) is 7.25. The second kappa shape index (κ2) is 10.0. The number of fused-ring (bicyclic) bond motifs is 1. The van der Waals surface area contributed by atoms with E-state index in [0.29, 0.717) is 21.7 Å². The van der Waals surface area contributed by atoms with E-state index in [-0.39, 0.29) is 5.91 Å². The van der Waals surface area contributed by atoms with E-state index in [4.69, 9.17) is 11.6 Å². The van der Waals surface area contributed by atoms with Crippen molar-refractivity contribution < 1.29 is 4.79 Å². The molecule has 0 aliphatic carbocycles. The van der Waals surface area contributed by atoms with Gasteiger partial charge in [0.1, 0.15) is 0 Å². The highest BCUT2D eigenvalue weighted by Gasteiger charge is 2.30. The van der Waals surface area contributed by atoms with Crippen LogP contribution >= 0.6 is 35.1 Å². The maximum absolute atomic E-state index is 12.6. The molecule has 1 aliphatic rings. The number of aromatic amines is 1. The standard InChI is InChI=1S/C25H20ClN5OS2/c1-16-6-12-19(13-7-16)31-23(32)15-34-25(31)30-29-22(17-8-10-18(26)11-9-17)14-33-24-27-20-4-2-3-5-21(20)28-24/h2-13H,14-15H2,1H3,(H,27,28)/b29-22-,30-25-. The van der Waals surface area contributed by atoms with E-state index in [0.717, 1.165) is 38.7 Å². The van der Waals surface area contributed by atoms with E-state index in [1.54, 1.807) is 16.7 Å². The van der Waals surface area contributed by atoms with Crippen LogP contribution in [0.25, 0.3) is 11.0 Å². The normalized spacial score (nSPS) is 15.6. The van der Waals surface area contributed by atoms with E-state index in [9.17, 15) is 4.79 Å². The van der Waals surface area contributed by atoms with Crippen molar-refractivity contribution in [3.63, 3.8) is 0 Å². The van der Waals surface area contributed by atoms with Gasteiger partial charge in [0.2, 0.25) is 5.91 Å². The van der Waals surface area contributed by atoms with Crippen molar-refractivity contribution in [1.29, 1.82) is 0 Å². The molecular formula is C25H20ClN5OS2. The molecule has 1 aliphatic heterocycles. The lowest BCUT2D eigenvalue weighted by Crippen LogP contribution is -2.29. The number of thioether (sulfide) groups is 2. The monoisotopic (exact) mass is 505 g/mol. The molecule has 6 nitrogen and oxygen atoms in total. The van der Waals surface area contributed by atoms with Gasteiger partial charge in [-0.1, -0.05) is 77.1 Å². The number of H-pyrrole nitrogens is 1. The summed E-state index contributed by atoms with van der Waals surface area (Å²) in [6.07, 6.45) is 0. The summed E-state index contributed by atoms with van der Waals surface area (Å²) < 4.78 is 0. The number of para-hydroxylation sites is 2. The molecule has 0 spiro atoms. The molecule has 0 saturated carbocycles. The van der Waals surface area contributed by atoms with Gasteiger partial charge >= 0.3 is 0 Å². The van der Waals surface area contributed by atoms with Gasteiger partial charge in [-0.25, -0.2) is 4.98 Å². The molecular weight excluding hydrogens is 486 g/mol. The molecule has 1 N–H and O–H groups in total. The fourth-order valence-corrected chi connectivity index (χ4v) is 5.22. The van der Waals surface area contributed by atoms with Crippen LogP contribution in [0.1, 0.15) is 11.1 Å². The molecule has 4 aromatic rings. The Labute approximate surface area is 210 Å². The Bertz CT molecular complexity index is 1360. The number of nitrogens with one attached hydrogen (secondary N) is 1. The molecule has 1 aromatic heterocycles. The maximum atomic E-state index is 12.6. The van der Waals surface area contributed by atoms with Crippen molar-refractivity contribution in [3.8, 4) is 0 Å². The minimum Gasteiger partial charge on any atom is -0.333 e. The molecule has 0 radical (unpaired) electrons. The van der Waals surface area contributed by atoms with Crippen LogP contribution in [0.15, 0.2) is 88.2 Å². The van der Waals surface area contributed by atoms with Crippen LogP contribution in [0.3, 0.4) is 0 Å². The van der Waals surface area contributed by atoms with Crippen LogP contribution in [-0.4, -0.2) is 38.3 Å². The summed E-state index contributed by atoms with van der Waals surface area (Å²) in [5, 5.41) is 11.1. The Morgan fingerprint density at radius 1 is 1.12 bits per heavy atom. The fourth-order valence-electron chi connectivity index (χ4n) is 3.43. The zero-order chi connectivity index (χ0) is 23.5. The number of hydrogen-bond acceptors (Lipinski definition) is 6. The molecule has 0 unspecified atom stereocenters. The predicted molar refractivity (Wildman–Crippen MR) is 143 cm³/mol. The zero-order valence-electron chi connectivity index (χ0n) is 18.2. The lowest BCUT2D eigenvalue weighted by Gasteiger charge is -2.15. The minimum atomic E-state index is -0.00695. The summed E-state index contributed by atoms with van der Waals surface area (Å²) in [6.45, 7) is 2.02. The van der Waals surface area contributed by atoms with Crippen LogP contribution in [0, 0.1) is 6.92 Å². The quantitative estimate of drug-likeness (QED) is 0.193. The third-order valence-electron chi connectivity index (χ3n) is 5.20. The molecule has 0 atom stereocenters. The first-order valence-corrected chi connectivity index (χ1v) is 12.9. The highest BCUT2D eigenvalue weighted by Crippen LogP contribution is 2.27. The molecule has 34 heavy (non-hydrogen) atoms. The number of amides is 1. The van der Waals surface area contributed by atoms with Gasteiger partial charge in [0.05, 0.1) is 28.2 Å². The average molecular weight is 506 g/mol. The highest BCUT2D eigenvalue weighted by atomic mass is 35.5. The van der Waals surface area contributed by atoms with Gasteiger partial charge < -0.3 is 4.98 Å². The number of anilines is 1. The van der Waals surface area contributed by atoms with Gasteiger partial charge in [-0.3, -0.25) is 9.69 Å². The van der Waals surface area contributed by atoms with Crippen molar-refractivity contribution in [3.05, 3.63) is 88.9 Å². The van der Waals surface area contributed by atoms with E-state index < -0.39 is 0 Å². The van der Waals surface area contributed by atoms with E-state index in [1.807, 2.05) is 79.7 Å². The fraction of sp³-hybridized carbons (Fsp3) is 0.120. The first-order chi connectivity index (χ1) is 16.6. The van der Waals surface area contributed by atoms with Crippen molar-refractivity contribution >= 4 is 68.6 Å². The van der Waals surface area contributed by atoms with Crippen LogP contribution in [0.4, 0.5) is 5.69 Å². The number of aryl methyl sites for hydroxylation is 1. The molecule has 3 aromatic carbocycles. The summed E-state index contributed by atoms with van der Waals surface area (Å²) in [5.41, 5.74) is 5.51. The molecule has 1 saturated heterocycles. The molecule has 5 rings (SSSR count). The van der Waals surface area contributed by atoms with Crippen LogP contribution in [-0.2, 0) is 4.79 Å². The summed E-state index contributed by atoms with van der Waals surface area (Å²) in [5.74, 6) is 0.876. The van der Waals surface area contributed by atoms with E-state index >= 15 is 0 Å². The third kappa shape index (κ3) is 5.04. The largest absolute Gasteiger partial charge is 0.333 e. The molecule has 1 amide bonds. The second-order valence-corrected chi connectivity index (χ2v) is 9.98. The molecule has 0 bridgehead atoms. The van der Waals surface area contributed by atoms with Gasteiger partial charge in [0, 0.05) is 10.8 Å². The summed E-state index contributed by atoms with van der Waals surface area (Å²) in [6, 6.07) is 23.2. The van der Waals surface area contributed by atoms with Gasteiger partial charge in [0.25, 0.3) is 0 Å². The average Bonchev–Trinajstić information content (AvgIpc) is 3.43. The number of hydrogen-bond donors (Lipinski definition) is 1. The number of amidine groups is 1. The number of rotatable bonds is 6. The predicted octanol–water partition coefficient (Wildman–Crippen LogP) is 6.16. The molecule has 170 valence electrons. The van der Waals surface area contributed by atoms with Gasteiger partial charge in [-0.15, -0.1) is 5.10 Å². The Hall–Kier alpha value is -3.07. The first kappa shape index (κ1) is 22.7. The first-order valence-electron chi connectivity index (χ1n) is 10.6. The number of nitrogens with zero attached hydrogens (tertiary/aromatic N) is 4. The van der Waals surface area contributed by atoms with Gasteiger partial charge in [0.15, 0.2) is 10.3 Å². The number of benzene rings is 3. The lowest BCUT2D eigenvalue weighted by molar-refractivity contribution is -0.115. The molecule has 9 heteroatoms. The van der Waals surface area contributed by atoms with Crippen LogP contribution in [0.5, 0.6) is 0 Å². The lowest BCUT2D eigenvalue weighted by atomic mass is 10.1. The van der Waals surface area contributed by atoms with Crippen LogP contribution < -0.4 is 4.90 Å². The van der Waals surface area contributed by atoms with Crippen molar-refractivity contribution in [2.24, 2.45) is 10.2 Å². The smallest absolute Gasteiger partial charge is 0.243 e. The Kier molecular flexibility index (Phi) is 6.71. The van der Waals surface area contributed by atoms with E-state index in [2.05, 4.69) is 20.2 Å². The highest BCUT2D eigenvalue weighted by molar-refractivity contribution is 8.15. The number of imidazole rings is 1. The maximum Gasteiger partial charge on any atom is 0.243 e. The summed E-state index contributed by atoms with van der Waals surface area (Å²) in [7, 11) is 0. The molecule has 1 fully saturated rings. The number of aromatic nitrogens is 2. The number of carbonyl (C=O) groups excluding carboxylic acids is 1. The second-order valence-electron chi connectivity index (χ2n) is 7.64. The number of halogens is 1. The number of carbonyl (C=O) groups is 1. The van der Waals surface area contributed by atoms with Gasteiger partial charge in [-0.2, -0.15) is 5.10 Å². The Morgan fingerprint density at radius 3 is 2.65 bits per heavy atom. The SMILES string of the molecule is Cc1ccc(N2C(=O)CS/C2=N\N=C(\CSc2nc3ccccc3[nH]2)c2ccc(Cl)cc2)cc1. The Balaban J connectivity index is 1.44. The van der Waals surface area contributed by atoms with Gasteiger partial charge in [-0.05, 0) is 48.9 Å². The van der Waals surface area contributed by atoms with Crippen molar-refractivity contribution in [2.75, 3.05) is 16.4 Å². The van der Waals surface area contributed by atoms with Crippen molar-refractivity contribution in [2.45, 2.75) is 12.1 Å². The zero-order valence-corrected chi connectivity index (χ0v) is 20.6. The topological polar surface area (TPSA) is 73.7 Å². The summed E-state index contributed by atoms with van der Waals surface area (Å²) >= 11 is 9.03. The summed E-state index contributed by atoms with van der Waals surface area (Å²) in [4.78, 5) is 22.2. The minimum absolute atomic E-state index is 0.00695.